The molecule has 0 spiro atoms. The molecule has 6 aromatic carbocycles. The normalized spacial score (nSPS) is 11.6. The van der Waals surface area contributed by atoms with Crippen LogP contribution in [0.2, 0.25) is 0 Å². The fraction of sp³-hybridized carbons (Fsp3) is 0. The van der Waals surface area contributed by atoms with Gasteiger partial charge in [-0.05, 0) is 39.7 Å². The minimum absolute atomic E-state index is 0.621. The van der Waals surface area contributed by atoms with Gasteiger partial charge in [-0.15, -0.1) is 11.3 Å². The molecule has 0 atom stereocenters. The lowest BCUT2D eigenvalue weighted by Gasteiger charge is -2.12. The van der Waals surface area contributed by atoms with Crippen molar-refractivity contribution in [2.45, 2.75) is 0 Å². The number of hydrogen-bond donors (Lipinski definition) is 0. The van der Waals surface area contributed by atoms with E-state index in [2.05, 4.69) is 97.1 Å². The number of benzene rings is 6. The van der Waals surface area contributed by atoms with E-state index in [0.717, 1.165) is 32.8 Å². The average molecular weight is 525 g/mol. The Bertz CT molecular complexity index is 2240. The molecule has 0 aliphatic rings. The largest absolute Gasteiger partial charge is 0.208 e. The zero-order chi connectivity index (χ0) is 26.6. The monoisotopic (exact) mass is 525 g/mol. The Morgan fingerprint density at radius 1 is 0.475 bits per heavy atom. The summed E-state index contributed by atoms with van der Waals surface area (Å²) in [4.78, 5) is 15.2. The molecule has 0 saturated heterocycles. The molecule has 0 fully saturated rings. The van der Waals surface area contributed by atoms with Crippen molar-refractivity contribution in [3.8, 4) is 34.2 Å². The third kappa shape index (κ3) is 3.78. The summed E-state index contributed by atoms with van der Waals surface area (Å²) in [6.07, 6.45) is 0. The van der Waals surface area contributed by atoms with E-state index in [1.807, 2.05) is 24.3 Å². The van der Waals surface area contributed by atoms with Gasteiger partial charge < -0.3 is 0 Å². The first-order valence-corrected chi connectivity index (χ1v) is 14.0. The van der Waals surface area contributed by atoms with Gasteiger partial charge >= 0.3 is 0 Å². The van der Waals surface area contributed by atoms with Crippen molar-refractivity contribution in [2.24, 2.45) is 0 Å². The maximum atomic E-state index is 6.01. The highest BCUT2D eigenvalue weighted by Crippen LogP contribution is 2.43. The Kier molecular flexibility index (Phi) is 5.25. The summed E-state index contributed by atoms with van der Waals surface area (Å²) in [6, 6.07) is 41.8. The topological polar surface area (TPSA) is 38.7 Å². The van der Waals surface area contributed by atoms with Crippen LogP contribution in [-0.4, -0.2) is 22.8 Å². The molecule has 0 aliphatic carbocycles. The van der Waals surface area contributed by atoms with Crippen LogP contribution in [0.15, 0.2) is 121 Å². The van der Waals surface area contributed by atoms with E-state index in [9.17, 15) is 0 Å². The van der Waals surface area contributed by atoms with Crippen LogP contribution in [0, 0.1) is 0 Å². The first-order chi connectivity index (χ1) is 19.7. The molecule has 2 radical (unpaired) electrons. The summed E-state index contributed by atoms with van der Waals surface area (Å²) in [5.41, 5.74) is 3.59. The zero-order valence-electron chi connectivity index (χ0n) is 21.4. The lowest BCUT2D eigenvalue weighted by molar-refractivity contribution is 1.08. The van der Waals surface area contributed by atoms with E-state index in [0.29, 0.717) is 22.9 Å². The van der Waals surface area contributed by atoms with Crippen molar-refractivity contribution < 1.29 is 0 Å². The van der Waals surface area contributed by atoms with Crippen LogP contribution >= 0.6 is 11.3 Å². The molecule has 2 heterocycles. The predicted molar refractivity (Wildman–Crippen MR) is 169 cm³/mol. The van der Waals surface area contributed by atoms with Crippen molar-refractivity contribution in [2.75, 3.05) is 0 Å². The highest BCUT2D eigenvalue weighted by atomic mass is 32.1. The minimum Gasteiger partial charge on any atom is -0.208 e. The maximum Gasteiger partial charge on any atom is 0.166 e. The fourth-order valence-corrected chi connectivity index (χ4v) is 6.69. The van der Waals surface area contributed by atoms with Crippen LogP contribution in [0.5, 0.6) is 0 Å². The molecule has 2 aromatic heterocycles. The maximum absolute atomic E-state index is 6.01. The Morgan fingerprint density at radius 3 is 1.93 bits per heavy atom. The van der Waals surface area contributed by atoms with Crippen molar-refractivity contribution >= 4 is 66.4 Å². The number of thiophene rings is 1. The predicted octanol–water partition coefficient (Wildman–Crippen LogP) is 8.34. The summed E-state index contributed by atoms with van der Waals surface area (Å²) >= 11 is 1.79. The molecule has 0 bridgehead atoms. The van der Waals surface area contributed by atoms with Gasteiger partial charge in [-0.1, -0.05) is 109 Å². The number of nitrogens with zero attached hydrogens (tertiary/aromatic N) is 3. The van der Waals surface area contributed by atoms with Gasteiger partial charge in [-0.3, -0.25) is 0 Å². The van der Waals surface area contributed by atoms with E-state index in [1.165, 1.54) is 25.6 Å². The van der Waals surface area contributed by atoms with E-state index >= 15 is 0 Å². The lowest BCUT2D eigenvalue weighted by Crippen LogP contribution is -2.03. The van der Waals surface area contributed by atoms with E-state index in [4.69, 9.17) is 22.8 Å². The minimum atomic E-state index is 0.621. The molecule has 3 nitrogen and oxygen atoms in total. The second-order valence-corrected chi connectivity index (χ2v) is 11.0. The van der Waals surface area contributed by atoms with Crippen molar-refractivity contribution in [1.82, 2.24) is 15.0 Å². The van der Waals surface area contributed by atoms with Crippen molar-refractivity contribution in [3.63, 3.8) is 0 Å². The van der Waals surface area contributed by atoms with Gasteiger partial charge in [0.1, 0.15) is 7.85 Å². The molecule has 0 saturated carbocycles. The van der Waals surface area contributed by atoms with Gasteiger partial charge in [0.15, 0.2) is 17.5 Å². The molecular formula is C35H20BN3S. The van der Waals surface area contributed by atoms with Crippen LogP contribution in [0.1, 0.15) is 0 Å². The summed E-state index contributed by atoms with van der Waals surface area (Å²) in [5.74, 6) is 1.93. The third-order valence-corrected chi connectivity index (χ3v) is 8.63. The number of fused-ring (bicyclic) bond motifs is 5. The molecule has 5 heteroatoms. The van der Waals surface area contributed by atoms with Crippen LogP contribution in [0.4, 0.5) is 0 Å². The van der Waals surface area contributed by atoms with Gasteiger partial charge in [0.05, 0.1) is 0 Å². The molecule has 40 heavy (non-hydrogen) atoms. The number of rotatable bonds is 3. The number of hydrogen-bond acceptors (Lipinski definition) is 4. The first-order valence-electron chi connectivity index (χ1n) is 13.2. The van der Waals surface area contributed by atoms with Gasteiger partial charge in [0.2, 0.25) is 0 Å². The second-order valence-electron chi connectivity index (χ2n) is 9.94. The van der Waals surface area contributed by atoms with Gasteiger partial charge in [-0.25, -0.2) is 15.0 Å². The molecule has 8 aromatic rings. The SMILES string of the molecule is [B]c1ccc(-c2nc(-c3ccc4ccccc4c3)nc(-c3c4ccccc4cc4c3sc3ccccc34)n2)cc1. The first kappa shape index (κ1) is 23.1. The van der Waals surface area contributed by atoms with Crippen LogP contribution in [-0.2, 0) is 0 Å². The van der Waals surface area contributed by atoms with Crippen LogP contribution in [0.3, 0.4) is 0 Å². The Balaban J connectivity index is 1.46. The summed E-state index contributed by atoms with van der Waals surface area (Å²) < 4.78 is 2.43. The highest BCUT2D eigenvalue weighted by molar-refractivity contribution is 7.26. The van der Waals surface area contributed by atoms with Gasteiger partial charge in [-0.2, -0.15) is 0 Å². The van der Waals surface area contributed by atoms with Crippen LogP contribution in [0.25, 0.3) is 75.9 Å². The van der Waals surface area contributed by atoms with Gasteiger partial charge in [0.25, 0.3) is 0 Å². The molecule has 184 valence electrons. The van der Waals surface area contributed by atoms with Crippen LogP contribution < -0.4 is 5.46 Å². The number of aromatic nitrogens is 3. The standard InChI is InChI=1S/C35H20BN3S/c36-26-17-15-22(16-18-26)33-37-34(25-14-13-21-7-1-2-8-23(21)19-25)39-35(38-33)31-27-10-4-3-9-24(27)20-29-28-11-5-6-12-30(28)40-32(29)31/h1-20H. The van der Waals surface area contributed by atoms with Crippen molar-refractivity contribution in [1.29, 1.82) is 0 Å². The Hall–Kier alpha value is -4.87. The molecule has 0 aliphatic heterocycles. The van der Waals surface area contributed by atoms with Gasteiger partial charge in [0, 0.05) is 36.9 Å². The van der Waals surface area contributed by atoms with E-state index < -0.39 is 0 Å². The Labute approximate surface area is 236 Å². The summed E-state index contributed by atoms with van der Waals surface area (Å²) in [7, 11) is 6.01. The van der Waals surface area contributed by atoms with E-state index in [-0.39, 0.29) is 0 Å². The smallest absolute Gasteiger partial charge is 0.166 e. The zero-order valence-corrected chi connectivity index (χ0v) is 22.2. The summed E-state index contributed by atoms with van der Waals surface area (Å²) in [6.45, 7) is 0. The molecule has 8 rings (SSSR count). The van der Waals surface area contributed by atoms with E-state index in [1.54, 1.807) is 11.3 Å². The fourth-order valence-electron chi connectivity index (χ4n) is 5.45. The molecule has 0 amide bonds. The quantitative estimate of drug-likeness (QED) is 0.218. The lowest BCUT2D eigenvalue weighted by atomic mass is 9.95. The second kappa shape index (κ2) is 9.11. The summed E-state index contributed by atoms with van der Waals surface area (Å²) in [5, 5.41) is 7.08. The van der Waals surface area contributed by atoms with Crippen molar-refractivity contribution in [3.05, 3.63) is 121 Å². The highest BCUT2D eigenvalue weighted by Gasteiger charge is 2.19. The molecule has 0 N–H and O–H groups in total. The third-order valence-electron chi connectivity index (χ3n) is 7.43. The Morgan fingerprint density at radius 2 is 1.10 bits per heavy atom. The molecular weight excluding hydrogens is 505 g/mol. The molecule has 0 unspecified atom stereocenters. The average Bonchev–Trinajstić information content (AvgIpc) is 3.37.